The molecule has 1 atom stereocenters. The van der Waals surface area contributed by atoms with E-state index in [0.29, 0.717) is 19.7 Å². The lowest BCUT2D eigenvalue weighted by atomic mass is 10.1. The van der Waals surface area contributed by atoms with Crippen LogP contribution in [0.2, 0.25) is 0 Å². The van der Waals surface area contributed by atoms with Gasteiger partial charge in [-0.3, -0.25) is 15.0 Å². The summed E-state index contributed by atoms with van der Waals surface area (Å²) in [6.45, 7) is 2.83. The van der Waals surface area contributed by atoms with Gasteiger partial charge in [0.25, 0.3) is 5.69 Å². The van der Waals surface area contributed by atoms with Gasteiger partial charge in [0, 0.05) is 38.3 Å². The number of benzene rings is 2. The number of non-ortho nitro benzene ring substituents is 1. The molecule has 0 aromatic heterocycles. The zero-order valence-electron chi connectivity index (χ0n) is 14.7. The Balaban J connectivity index is 1.53. The van der Waals surface area contributed by atoms with Gasteiger partial charge in [0.1, 0.15) is 0 Å². The highest BCUT2D eigenvalue weighted by Gasteiger charge is 2.22. The van der Waals surface area contributed by atoms with Gasteiger partial charge in [0.15, 0.2) is 0 Å². The SMILES string of the molecule is O=[N+]([O-])c1ccc(S(=O)(=O)NCCN2CCOC(c3ccccc3)C2)cc1. The molecule has 1 N–H and O–H groups in total. The van der Waals surface area contributed by atoms with Crippen LogP contribution in [-0.4, -0.2) is 51.0 Å². The summed E-state index contributed by atoms with van der Waals surface area (Å²) in [5.74, 6) is 0. The molecule has 9 heteroatoms. The first-order valence-corrected chi connectivity index (χ1v) is 10.1. The molecule has 1 saturated heterocycles. The van der Waals surface area contributed by atoms with Crippen molar-refractivity contribution in [2.45, 2.75) is 11.0 Å². The molecule has 2 aromatic carbocycles. The molecule has 8 nitrogen and oxygen atoms in total. The van der Waals surface area contributed by atoms with Gasteiger partial charge >= 0.3 is 0 Å². The van der Waals surface area contributed by atoms with Crippen molar-refractivity contribution in [2.75, 3.05) is 32.8 Å². The van der Waals surface area contributed by atoms with Gasteiger partial charge in [-0.1, -0.05) is 30.3 Å². The summed E-state index contributed by atoms with van der Waals surface area (Å²) in [5.41, 5.74) is 0.961. The van der Waals surface area contributed by atoms with E-state index in [4.69, 9.17) is 4.74 Å². The highest BCUT2D eigenvalue weighted by Crippen LogP contribution is 2.21. The van der Waals surface area contributed by atoms with Crippen molar-refractivity contribution in [1.29, 1.82) is 0 Å². The van der Waals surface area contributed by atoms with Crippen LogP contribution in [0, 0.1) is 10.1 Å². The Kier molecular flexibility index (Phi) is 6.17. The highest BCUT2D eigenvalue weighted by molar-refractivity contribution is 7.89. The first-order valence-electron chi connectivity index (χ1n) is 8.59. The number of nitro groups is 1. The molecular formula is C18H21N3O5S. The van der Waals surface area contributed by atoms with Gasteiger partial charge in [0.05, 0.1) is 22.5 Å². The van der Waals surface area contributed by atoms with Gasteiger partial charge < -0.3 is 4.74 Å². The number of nitrogens with one attached hydrogen (secondary N) is 1. The lowest BCUT2D eigenvalue weighted by Crippen LogP contribution is -2.42. The first kappa shape index (κ1) is 19.4. The van der Waals surface area contributed by atoms with Gasteiger partial charge in [0.2, 0.25) is 10.0 Å². The Morgan fingerprint density at radius 1 is 1.15 bits per heavy atom. The number of rotatable bonds is 7. The minimum absolute atomic E-state index is 0.0113. The first-order chi connectivity index (χ1) is 13.0. The zero-order chi connectivity index (χ0) is 19.3. The fraction of sp³-hybridized carbons (Fsp3) is 0.333. The molecule has 1 unspecified atom stereocenters. The molecule has 0 aliphatic carbocycles. The van der Waals surface area contributed by atoms with E-state index < -0.39 is 14.9 Å². The standard InChI is InChI=1S/C18H21N3O5S/c22-21(23)16-6-8-17(9-7-16)27(24,25)19-10-11-20-12-13-26-18(14-20)15-4-2-1-3-5-15/h1-9,18-19H,10-14H2. The van der Waals surface area contributed by atoms with Crippen molar-refractivity contribution in [3.63, 3.8) is 0 Å². The summed E-state index contributed by atoms with van der Waals surface area (Å²) in [4.78, 5) is 12.3. The third-order valence-electron chi connectivity index (χ3n) is 4.40. The Morgan fingerprint density at radius 3 is 2.52 bits per heavy atom. The summed E-state index contributed by atoms with van der Waals surface area (Å²) in [6, 6.07) is 14.8. The van der Waals surface area contributed by atoms with Crippen LogP contribution in [-0.2, 0) is 14.8 Å². The van der Waals surface area contributed by atoms with E-state index in [1.807, 2.05) is 30.3 Å². The van der Waals surface area contributed by atoms with E-state index in [1.165, 1.54) is 24.3 Å². The van der Waals surface area contributed by atoms with Crippen molar-refractivity contribution >= 4 is 15.7 Å². The van der Waals surface area contributed by atoms with Crippen LogP contribution in [0.4, 0.5) is 5.69 Å². The lowest BCUT2D eigenvalue weighted by molar-refractivity contribution is -0.384. The van der Waals surface area contributed by atoms with Gasteiger partial charge in [-0.2, -0.15) is 0 Å². The molecule has 1 aliphatic heterocycles. The molecular weight excluding hydrogens is 370 g/mol. The average Bonchev–Trinajstić information content (AvgIpc) is 2.69. The van der Waals surface area contributed by atoms with Crippen LogP contribution in [0.25, 0.3) is 0 Å². The predicted molar refractivity (Wildman–Crippen MR) is 99.9 cm³/mol. The van der Waals surface area contributed by atoms with Gasteiger partial charge in [-0.05, 0) is 17.7 Å². The van der Waals surface area contributed by atoms with Crippen molar-refractivity contribution in [1.82, 2.24) is 9.62 Å². The number of ether oxygens (including phenoxy) is 1. The largest absolute Gasteiger partial charge is 0.371 e. The van der Waals surface area contributed by atoms with Crippen LogP contribution in [0.15, 0.2) is 59.5 Å². The van der Waals surface area contributed by atoms with Crippen LogP contribution < -0.4 is 4.72 Å². The lowest BCUT2D eigenvalue weighted by Gasteiger charge is -2.33. The van der Waals surface area contributed by atoms with E-state index in [0.717, 1.165) is 12.1 Å². The van der Waals surface area contributed by atoms with Gasteiger partial charge in [-0.15, -0.1) is 0 Å². The van der Waals surface area contributed by atoms with E-state index in [9.17, 15) is 18.5 Å². The number of sulfonamides is 1. The molecule has 0 bridgehead atoms. The minimum Gasteiger partial charge on any atom is -0.371 e. The maximum atomic E-state index is 12.3. The molecule has 0 amide bonds. The van der Waals surface area contributed by atoms with Crippen LogP contribution in [0.1, 0.15) is 11.7 Å². The van der Waals surface area contributed by atoms with E-state index in [1.54, 1.807) is 0 Å². The topological polar surface area (TPSA) is 102 Å². The molecule has 3 rings (SSSR count). The number of hydrogen-bond acceptors (Lipinski definition) is 6. The predicted octanol–water partition coefficient (Wildman–Crippen LogP) is 1.95. The number of nitrogens with zero attached hydrogens (tertiary/aromatic N) is 2. The van der Waals surface area contributed by atoms with Crippen molar-refractivity contribution in [2.24, 2.45) is 0 Å². The molecule has 144 valence electrons. The normalized spacial score (nSPS) is 18.3. The highest BCUT2D eigenvalue weighted by atomic mass is 32.2. The molecule has 0 saturated carbocycles. The Morgan fingerprint density at radius 2 is 1.85 bits per heavy atom. The summed E-state index contributed by atoms with van der Waals surface area (Å²) < 4.78 is 33.0. The van der Waals surface area contributed by atoms with Crippen molar-refractivity contribution in [3.05, 3.63) is 70.3 Å². The second-order valence-electron chi connectivity index (χ2n) is 6.22. The molecule has 1 aliphatic rings. The van der Waals surface area contributed by atoms with E-state index >= 15 is 0 Å². The van der Waals surface area contributed by atoms with Gasteiger partial charge in [-0.25, -0.2) is 13.1 Å². The fourth-order valence-electron chi connectivity index (χ4n) is 2.94. The molecule has 0 spiro atoms. The molecule has 1 heterocycles. The smallest absolute Gasteiger partial charge is 0.269 e. The summed E-state index contributed by atoms with van der Waals surface area (Å²) in [5, 5.41) is 10.7. The average molecular weight is 391 g/mol. The second kappa shape index (κ2) is 8.57. The Bertz CT molecular complexity index is 872. The quantitative estimate of drug-likeness (QED) is 0.572. The molecule has 0 radical (unpaired) electrons. The fourth-order valence-corrected chi connectivity index (χ4v) is 3.96. The monoisotopic (exact) mass is 391 g/mol. The molecule has 2 aromatic rings. The van der Waals surface area contributed by atoms with Crippen molar-refractivity contribution < 1.29 is 18.1 Å². The maximum Gasteiger partial charge on any atom is 0.269 e. The Hall–Kier alpha value is -2.33. The van der Waals surface area contributed by atoms with E-state index in [2.05, 4.69) is 9.62 Å². The van der Waals surface area contributed by atoms with Crippen molar-refractivity contribution in [3.8, 4) is 0 Å². The maximum absolute atomic E-state index is 12.3. The Labute approximate surface area is 158 Å². The summed E-state index contributed by atoms with van der Waals surface area (Å²) in [6.07, 6.45) is -0.0220. The summed E-state index contributed by atoms with van der Waals surface area (Å²) >= 11 is 0. The molecule has 1 fully saturated rings. The van der Waals surface area contributed by atoms with Crippen LogP contribution in [0.3, 0.4) is 0 Å². The third-order valence-corrected chi connectivity index (χ3v) is 5.88. The number of hydrogen-bond donors (Lipinski definition) is 1. The number of nitro benzene ring substituents is 1. The number of morpholine rings is 1. The minimum atomic E-state index is -3.70. The summed E-state index contributed by atoms with van der Waals surface area (Å²) in [7, 11) is -3.70. The van der Waals surface area contributed by atoms with Crippen LogP contribution >= 0.6 is 0 Å². The van der Waals surface area contributed by atoms with E-state index in [-0.39, 0.29) is 23.2 Å². The second-order valence-corrected chi connectivity index (χ2v) is 7.99. The third kappa shape index (κ3) is 5.10. The molecule has 27 heavy (non-hydrogen) atoms. The zero-order valence-corrected chi connectivity index (χ0v) is 15.5. The van der Waals surface area contributed by atoms with Crippen LogP contribution in [0.5, 0.6) is 0 Å².